The molecule has 0 aliphatic rings. The molecule has 2 atom stereocenters. The zero-order valence-corrected chi connectivity index (χ0v) is 38.4. The Hall–Kier alpha value is -2.55. The first-order valence-corrected chi connectivity index (χ1v) is 24.2. The van der Waals surface area contributed by atoms with Gasteiger partial charge >= 0.3 is 19.8 Å². The molecule has 0 rings (SSSR count). The highest BCUT2D eigenvalue weighted by molar-refractivity contribution is 7.47. The standard InChI is InChI=1S/C48H84NO8P/c1-6-8-10-12-14-16-18-20-22-23-24-25-27-28-30-32-34-36-38-40-47(50)54-44-46(45-56-58(52,53)55-43-42-49(3,4)5)57-48(51)41-39-37-35-33-31-29-26-21-19-17-15-13-11-9-7-2/h8,10,14,16-17,19-20,22,24-25,28,30,46H,6-7,9,11-13,15,18,21,23,26-27,29,31-45H2,1-5H3/p+1/b10-8-,16-14-,19-17-,22-20-,25-24-,30-28-/t46-/m1/s1. The molecule has 0 aromatic rings. The number of likely N-dealkylation sites (N-methyl/N-ethyl adjacent to an activating group) is 1. The molecule has 0 bridgehead atoms. The van der Waals surface area contributed by atoms with Crippen LogP contribution >= 0.6 is 7.82 Å². The third kappa shape index (κ3) is 43.0. The molecular weight excluding hydrogens is 750 g/mol. The number of carbonyl (C=O) groups is 2. The van der Waals surface area contributed by atoms with Crippen molar-refractivity contribution >= 4 is 19.8 Å². The molecule has 0 aliphatic heterocycles. The number of hydrogen-bond donors (Lipinski definition) is 1. The van der Waals surface area contributed by atoms with Gasteiger partial charge in [-0.1, -0.05) is 145 Å². The Labute approximate surface area is 355 Å². The fourth-order valence-electron chi connectivity index (χ4n) is 5.68. The van der Waals surface area contributed by atoms with E-state index in [4.69, 9.17) is 18.5 Å². The van der Waals surface area contributed by atoms with Crippen LogP contribution in [-0.2, 0) is 32.7 Å². The van der Waals surface area contributed by atoms with E-state index in [1.165, 1.54) is 51.4 Å². The second-order valence-electron chi connectivity index (χ2n) is 16.0. The van der Waals surface area contributed by atoms with Crippen LogP contribution in [0.4, 0.5) is 0 Å². The minimum absolute atomic E-state index is 0.0219. The number of nitrogens with zero attached hydrogens (tertiary/aromatic N) is 1. The highest BCUT2D eigenvalue weighted by atomic mass is 31.2. The van der Waals surface area contributed by atoms with Gasteiger partial charge in [0.25, 0.3) is 0 Å². The predicted molar refractivity (Wildman–Crippen MR) is 242 cm³/mol. The topological polar surface area (TPSA) is 108 Å². The summed E-state index contributed by atoms with van der Waals surface area (Å²) in [5, 5.41) is 0. The highest BCUT2D eigenvalue weighted by Crippen LogP contribution is 2.43. The molecule has 0 saturated carbocycles. The van der Waals surface area contributed by atoms with E-state index < -0.39 is 32.5 Å². The van der Waals surface area contributed by atoms with Crippen LogP contribution in [0, 0.1) is 0 Å². The normalized spacial score (nSPS) is 14.2. The summed E-state index contributed by atoms with van der Waals surface area (Å²) in [5.41, 5.74) is 0. The molecule has 0 aliphatic carbocycles. The van der Waals surface area contributed by atoms with Crippen molar-refractivity contribution in [2.45, 2.75) is 174 Å². The molecule has 9 nitrogen and oxygen atoms in total. The first kappa shape index (κ1) is 55.5. The number of unbranched alkanes of at least 4 members (excludes halogenated alkanes) is 14. The number of rotatable bonds is 40. The Morgan fingerprint density at radius 3 is 1.50 bits per heavy atom. The van der Waals surface area contributed by atoms with Gasteiger partial charge in [-0.3, -0.25) is 18.6 Å². The molecule has 0 spiro atoms. The van der Waals surface area contributed by atoms with E-state index in [2.05, 4.69) is 86.8 Å². The van der Waals surface area contributed by atoms with Gasteiger partial charge in [-0.05, 0) is 83.5 Å². The average Bonchev–Trinajstić information content (AvgIpc) is 3.17. The van der Waals surface area contributed by atoms with E-state index in [0.29, 0.717) is 23.9 Å². The van der Waals surface area contributed by atoms with Crippen LogP contribution in [-0.4, -0.2) is 74.9 Å². The number of carbonyl (C=O) groups excluding carboxylic acids is 2. The van der Waals surface area contributed by atoms with Crippen molar-refractivity contribution in [3.05, 3.63) is 72.9 Å². The second-order valence-corrected chi connectivity index (χ2v) is 17.5. The van der Waals surface area contributed by atoms with Gasteiger partial charge in [-0.2, -0.15) is 0 Å². The SMILES string of the molecule is CC/C=C\C/C=C\C/C=C\C/C=C\C/C=C\CCCCCC(=O)OC[C@H](COP(=O)(O)OCC[N+](C)(C)C)OC(=O)CCCCCCCCC/C=C\CCCCCC. The van der Waals surface area contributed by atoms with Crippen molar-refractivity contribution in [3.63, 3.8) is 0 Å². The van der Waals surface area contributed by atoms with Gasteiger partial charge in [0.1, 0.15) is 19.8 Å². The fraction of sp³-hybridized carbons (Fsp3) is 0.708. The lowest BCUT2D eigenvalue weighted by molar-refractivity contribution is -0.870. The fourth-order valence-corrected chi connectivity index (χ4v) is 6.42. The molecule has 1 unspecified atom stereocenters. The van der Waals surface area contributed by atoms with Crippen LogP contribution < -0.4 is 0 Å². The summed E-state index contributed by atoms with van der Waals surface area (Å²) in [7, 11) is 1.44. The summed E-state index contributed by atoms with van der Waals surface area (Å²) in [6, 6.07) is 0. The highest BCUT2D eigenvalue weighted by Gasteiger charge is 2.27. The van der Waals surface area contributed by atoms with Crippen LogP contribution in [0.1, 0.15) is 168 Å². The van der Waals surface area contributed by atoms with E-state index in [1.807, 2.05) is 21.1 Å². The monoisotopic (exact) mass is 835 g/mol. The van der Waals surface area contributed by atoms with Gasteiger partial charge < -0.3 is 18.9 Å². The molecule has 0 radical (unpaired) electrons. The number of phosphoric ester groups is 1. The molecule has 0 saturated heterocycles. The number of esters is 2. The maximum atomic E-state index is 12.7. The van der Waals surface area contributed by atoms with Gasteiger partial charge in [0.15, 0.2) is 6.10 Å². The predicted octanol–water partition coefficient (Wildman–Crippen LogP) is 13.0. The molecule has 0 aromatic carbocycles. The second kappa shape index (κ2) is 39.9. The number of phosphoric acid groups is 1. The van der Waals surface area contributed by atoms with Crippen molar-refractivity contribution < 1.29 is 42.1 Å². The van der Waals surface area contributed by atoms with E-state index in [1.54, 1.807) is 0 Å². The van der Waals surface area contributed by atoms with Crippen molar-refractivity contribution in [1.82, 2.24) is 0 Å². The van der Waals surface area contributed by atoms with Crippen molar-refractivity contribution in [2.75, 3.05) is 47.5 Å². The molecule has 0 fully saturated rings. The summed E-state index contributed by atoms with van der Waals surface area (Å²) in [6.07, 6.45) is 49.5. The van der Waals surface area contributed by atoms with Crippen LogP contribution in [0.15, 0.2) is 72.9 Å². The number of hydrogen-bond acceptors (Lipinski definition) is 7. The number of allylic oxidation sites excluding steroid dienone is 12. The van der Waals surface area contributed by atoms with Crippen LogP contribution in [0.25, 0.3) is 0 Å². The molecule has 10 heteroatoms. The lowest BCUT2D eigenvalue weighted by atomic mass is 10.1. The zero-order valence-electron chi connectivity index (χ0n) is 37.5. The van der Waals surface area contributed by atoms with Gasteiger partial charge in [0, 0.05) is 12.8 Å². The Morgan fingerprint density at radius 1 is 0.552 bits per heavy atom. The third-order valence-corrected chi connectivity index (χ3v) is 10.2. The maximum Gasteiger partial charge on any atom is 0.472 e. The molecule has 1 N–H and O–H groups in total. The minimum Gasteiger partial charge on any atom is -0.462 e. The van der Waals surface area contributed by atoms with Crippen molar-refractivity contribution in [3.8, 4) is 0 Å². The summed E-state index contributed by atoms with van der Waals surface area (Å²) in [6.45, 7) is 4.24. The van der Waals surface area contributed by atoms with E-state index in [-0.39, 0.29) is 26.1 Å². The number of quaternary nitrogens is 1. The van der Waals surface area contributed by atoms with Gasteiger partial charge in [-0.15, -0.1) is 0 Å². The Balaban J connectivity index is 4.42. The molecule has 0 heterocycles. The van der Waals surface area contributed by atoms with Crippen LogP contribution in [0.3, 0.4) is 0 Å². The van der Waals surface area contributed by atoms with E-state index >= 15 is 0 Å². The first-order valence-electron chi connectivity index (χ1n) is 22.7. The third-order valence-electron chi connectivity index (χ3n) is 9.22. The lowest BCUT2D eigenvalue weighted by Gasteiger charge is -2.24. The lowest BCUT2D eigenvalue weighted by Crippen LogP contribution is -2.37. The molecule has 334 valence electrons. The van der Waals surface area contributed by atoms with Gasteiger partial charge in [0.2, 0.25) is 0 Å². The zero-order chi connectivity index (χ0) is 42.8. The molecule has 58 heavy (non-hydrogen) atoms. The summed E-state index contributed by atoms with van der Waals surface area (Å²) < 4.78 is 34.3. The Kier molecular flexibility index (Phi) is 38.1. The van der Waals surface area contributed by atoms with E-state index in [0.717, 1.165) is 77.0 Å². The van der Waals surface area contributed by atoms with Gasteiger partial charge in [0.05, 0.1) is 27.7 Å². The summed E-state index contributed by atoms with van der Waals surface area (Å²) in [4.78, 5) is 35.4. The maximum absolute atomic E-state index is 12.7. The van der Waals surface area contributed by atoms with Crippen LogP contribution in [0.5, 0.6) is 0 Å². The molecule has 0 amide bonds. The van der Waals surface area contributed by atoms with E-state index in [9.17, 15) is 19.0 Å². The quantitative estimate of drug-likeness (QED) is 0.0214. The number of ether oxygens (including phenoxy) is 2. The minimum atomic E-state index is -4.39. The van der Waals surface area contributed by atoms with Crippen LogP contribution in [0.2, 0.25) is 0 Å². The van der Waals surface area contributed by atoms with Crippen molar-refractivity contribution in [1.29, 1.82) is 0 Å². The Morgan fingerprint density at radius 2 is 0.983 bits per heavy atom. The summed E-state index contributed by atoms with van der Waals surface area (Å²) >= 11 is 0. The molecular formula is C48H85NO8P+. The average molecular weight is 835 g/mol. The first-order chi connectivity index (χ1) is 28.0. The molecule has 0 aromatic heterocycles. The summed E-state index contributed by atoms with van der Waals surface area (Å²) in [5.74, 6) is -0.847. The van der Waals surface area contributed by atoms with Gasteiger partial charge in [-0.25, -0.2) is 4.57 Å². The van der Waals surface area contributed by atoms with Crippen molar-refractivity contribution in [2.24, 2.45) is 0 Å². The Bertz CT molecular complexity index is 1220. The smallest absolute Gasteiger partial charge is 0.462 e. The largest absolute Gasteiger partial charge is 0.472 e.